The molecule has 7 nitrogen and oxygen atoms in total. The molecule has 1 unspecified atom stereocenters. The summed E-state index contributed by atoms with van der Waals surface area (Å²) in [6.07, 6.45) is 0.739. The number of carbonyl (C=O) groups excluding carboxylic acids is 2. The molecule has 1 atom stereocenters. The Kier molecular flexibility index (Phi) is 7.56. The fourth-order valence-electron chi connectivity index (χ4n) is 2.50. The van der Waals surface area contributed by atoms with Crippen molar-refractivity contribution >= 4 is 33.4 Å². The Morgan fingerprint density at radius 1 is 1.07 bits per heavy atom. The van der Waals surface area contributed by atoms with Crippen LogP contribution in [0.4, 0.5) is 0 Å². The molecule has 0 aliphatic heterocycles. The van der Waals surface area contributed by atoms with Crippen molar-refractivity contribution in [2.24, 2.45) is 5.14 Å². The zero-order valence-electron chi connectivity index (χ0n) is 15.3. The summed E-state index contributed by atoms with van der Waals surface area (Å²) in [6, 6.07) is 12.3. The second-order valence-electron chi connectivity index (χ2n) is 6.27. The molecule has 0 aromatic heterocycles. The Labute approximate surface area is 169 Å². The first-order valence-electron chi connectivity index (χ1n) is 8.62. The van der Waals surface area contributed by atoms with Crippen molar-refractivity contribution in [2.45, 2.75) is 30.7 Å². The minimum atomic E-state index is -3.74. The van der Waals surface area contributed by atoms with Crippen LogP contribution in [0.25, 0.3) is 0 Å². The molecule has 9 heteroatoms. The zero-order valence-corrected chi connectivity index (χ0v) is 16.9. The van der Waals surface area contributed by atoms with Crippen LogP contribution in [0.2, 0.25) is 5.02 Å². The van der Waals surface area contributed by atoms with E-state index in [-0.39, 0.29) is 29.2 Å². The highest BCUT2D eigenvalue weighted by atomic mass is 35.5. The van der Waals surface area contributed by atoms with Crippen LogP contribution in [0.15, 0.2) is 53.4 Å². The summed E-state index contributed by atoms with van der Waals surface area (Å²) in [5.41, 5.74) is 1.27. The number of primary sulfonamides is 1. The van der Waals surface area contributed by atoms with Crippen LogP contribution in [-0.2, 0) is 14.8 Å². The van der Waals surface area contributed by atoms with Crippen LogP contribution in [0.1, 0.15) is 41.7 Å². The summed E-state index contributed by atoms with van der Waals surface area (Å²) >= 11 is 5.78. The lowest BCUT2D eigenvalue weighted by molar-refractivity contribution is -0.121. The lowest BCUT2D eigenvalue weighted by Gasteiger charge is -2.15. The molecule has 0 spiro atoms. The quantitative estimate of drug-likeness (QED) is 0.564. The Morgan fingerprint density at radius 2 is 1.68 bits per heavy atom. The highest BCUT2D eigenvalue weighted by Crippen LogP contribution is 2.15. The zero-order chi connectivity index (χ0) is 20.7. The predicted molar refractivity (Wildman–Crippen MR) is 107 cm³/mol. The van der Waals surface area contributed by atoms with Crippen LogP contribution in [-0.4, -0.2) is 26.8 Å². The van der Waals surface area contributed by atoms with Crippen LogP contribution >= 0.6 is 11.6 Å². The maximum atomic E-state index is 12.1. The molecule has 150 valence electrons. The van der Waals surface area contributed by atoms with E-state index >= 15 is 0 Å². The van der Waals surface area contributed by atoms with Crippen molar-refractivity contribution in [3.63, 3.8) is 0 Å². The number of sulfonamides is 1. The average Bonchev–Trinajstić information content (AvgIpc) is 2.65. The van der Waals surface area contributed by atoms with Gasteiger partial charge in [0.1, 0.15) is 0 Å². The highest BCUT2D eigenvalue weighted by molar-refractivity contribution is 7.89. The van der Waals surface area contributed by atoms with E-state index < -0.39 is 10.0 Å². The first kappa shape index (κ1) is 21.9. The van der Waals surface area contributed by atoms with Crippen LogP contribution in [0.3, 0.4) is 0 Å². The molecule has 0 aliphatic rings. The fourth-order valence-corrected chi connectivity index (χ4v) is 3.14. The lowest BCUT2D eigenvalue weighted by Crippen LogP contribution is -2.29. The monoisotopic (exact) mass is 423 g/mol. The van der Waals surface area contributed by atoms with Gasteiger partial charge in [0.2, 0.25) is 15.9 Å². The number of nitrogens with two attached hydrogens (primary N) is 1. The fraction of sp³-hybridized carbons (Fsp3) is 0.263. The van der Waals surface area contributed by atoms with E-state index in [0.29, 0.717) is 23.6 Å². The highest BCUT2D eigenvalue weighted by Gasteiger charge is 2.12. The topological polar surface area (TPSA) is 118 Å². The van der Waals surface area contributed by atoms with Gasteiger partial charge in [0.25, 0.3) is 5.91 Å². The molecule has 2 amide bonds. The number of rotatable bonds is 8. The van der Waals surface area contributed by atoms with E-state index in [1.807, 2.05) is 0 Å². The van der Waals surface area contributed by atoms with Gasteiger partial charge in [-0.3, -0.25) is 9.59 Å². The number of hydrogen-bond acceptors (Lipinski definition) is 4. The third kappa shape index (κ3) is 6.63. The van der Waals surface area contributed by atoms with Crippen molar-refractivity contribution in [3.8, 4) is 0 Å². The molecule has 0 saturated carbocycles. The van der Waals surface area contributed by atoms with E-state index in [9.17, 15) is 18.0 Å². The van der Waals surface area contributed by atoms with Crippen molar-refractivity contribution < 1.29 is 18.0 Å². The second kappa shape index (κ2) is 9.68. The van der Waals surface area contributed by atoms with E-state index in [4.69, 9.17) is 16.7 Å². The lowest BCUT2D eigenvalue weighted by atomic mass is 10.1. The molecule has 0 aliphatic carbocycles. The number of hydrogen-bond donors (Lipinski definition) is 3. The van der Waals surface area contributed by atoms with E-state index in [0.717, 1.165) is 5.56 Å². The van der Waals surface area contributed by atoms with Gasteiger partial charge in [-0.25, -0.2) is 13.6 Å². The Morgan fingerprint density at radius 3 is 2.25 bits per heavy atom. The van der Waals surface area contributed by atoms with Crippen molar-refractivity contribution in [3.05, 3.63) is 64.7 Å². The molecule has 28 heavy (non-hydrogen) atoms. The SMILES string of the molecule is CC(NC(=O)CCCNC(=O)c1ccc(Cl)cc1)c1ccc(S(N)(=O)=O)cc1. The maximum Gasteiger partial charge on any atom is 0.251 e. The molecule has 2 rings (SSSR count). The van der Waals surface area contributed by atoms with Gasteiger partial charge >= 0.3 is 0 Å². The van der Waals surface area contributed by atoms with Gasteiger partial charge in [0.15, 0.2) is 0 Å². The number of amides is 2. The predicted octanol–water partition coefficient (Wildman–Crippen LogP) is 2.37. The number of halogens is 1. The van der Waals surface area contributed by atoms with E-state index in [2.05, 4.69) is 10.6 Å². The summed E-state index contributed by atoms with van der Waals surface area (Å²) in [5, 5.41) is 11.2. The second-order valence-corrected chi connectivity index (χ2v) is 8.27. The molecule has 0 radical (unpaired) electrons. The average molecular weight is 424 g/mol. The van der Waals surface area contributed by atoms with Gasteiger partial charge in [0.05, 0.1) is 10.9 Å². The van der Waals surface area contributed by atoms with Gasteiger partial charge in [-0.1, -0.05) is 23.7 Å². The summed E-state index contributed by atoms with van der Waals surface area (Å²) < 4.78 is 22.5. The first-order valence-corrected chi connectivity index (χ1v) is 10.5. The molecule has 0 fully saturated rings. The van der Waals surface area contributed by atoms with Crippen molar-refractivity contribution in [2.75, 3.05) is 6.54 Å². The first-order chi connectivity index (χ1) is 13.2. The maximum absolute atomic E-state index is 12.1. The molecular formula is C19H22ClN3O4S. The Bertz CT molecular complexity index is 929. The molecular weight excluding hydrogens is 402 g/mol. The molecule has 4 N–H and O–H groups in total. The van der Waals surface area contributed by atoms with Gasteiger partial charge < -0.3 is 10.6 Å². The normalized spacial score (nSPS) is 12.2. The summed E-state index contributed by atoms with van der Waals surface area (Å²) in [4.78, 5) is 24.0. The third-order valence-electron chi connectivity index (χ3n) is 4.06. The van der Waals surface area contributed by atoms with Gasteiger partial charge in [0, 0.05) is 23.6 Å². The molecule has 0 bridgehead atoms. The number of benzene rings is 2. The third-order valence-corrected chi connectivity index (χ3v) is 5.24. The standard InChI is InChI=1S/C19H22ClN3O4S/c1-13(14-6-10-17(11-7-14)28(21,26)27)23-18(24)3-2-12-22-19(25)15-4-8-16(20)9-5-15/h4-11,13H,2-3,12H2,1H3,(H,22,25)(H,23,24)(H2,21,26,27). The summed E-state index contributed by atoms with van der Waals surface area (Å²) in [5.74, 6) is -0.385. The van der Waals surface area contributed by atoms with Gasteiger partial charge in [-0.15, -0.1) is 0 Å². The number of carbonyl (C=O) groups is 2. The molecule has 2 aromatic carbocycles. The smallest absolute Gasteiger partial charge is 0.251 e. The Hall–Kier alpha value is -2.42. The largest absolute Gasteiger partial charge is 0.352 e. The van der Waals surface area contributed by atoms with Crippen LogP contribution in [0.5, 0.6) is 0 Å². The van der Waals surface area contributed by atoms with Gasteiger partial charge in [-0.05, 0) is 55.3 Å². The molecule has 0 saturated heterocycles. The summed E-state index contributed by atoms with van der Waals surface area (Å²) in [7, 11) is -3.74. The molecule has 2 aromatic rings. The minimum Gasteiger partial charge on any atom is -0.352 e. The van der Waals surface area contributed by atoms with E-state index in [1.165, 1.54) is 12.1 Å². The minimum absolute atomic E-state index is 0.0196. The van der Waals surface area contributed by atoms with Gasteiger partial charge in [-0.2, -0.15) is 0 Å². The van der Waals surface area contributed by atoms with Crippen molar-refractivity contribution in [1.82, 2.24) is 10.6 Å². The van der Waals surface area contributed by atoms with E-state index in [1.54, 1.807) is 43.3 Å². The Balaban J connectivity index is 1.74. The molecule has 0 heterocycles. The number of nitrogens with one attached hydrogen (secondary N) is 2. The van der Waals surface area contributed by atoms with Crippen LogP contribution in [0, 0.1) is 0 Å². The van der Waals surface area contributed by atoms with Crippen molar-refractivity contribution in [1.29, 1.82) is 0 Å². The van der Waals surface area contributed by atoms with Crippen LogP contribution < -0.4 is 15.8 Å². The summed E-state index contributed by atoms with van der Waals surface area (Å²) in [6.45, 7) is 2.17.